The Morgan fingerprint density at radius 2 is 0.897 bits per heavy atom. The van der Waals surface area contributed by atoms with Crippen LogP contribution in [-0.4, -0.2) is 19.1 Å². The number of para-hydroxylation sites is 2. The van der Waals surface area contributed by atoms with Crippen LogP contribution in [0.3, 0.4) is 0 Å². The van der Waals surface area contributed by atoms with Crippen LogP contribution in [0, 0.1) is 0 Å². The number of nitrogens with zero attached hydrogens (tertiary/aromatic N) is 4. The van der Waals surface area contributed by atoms with Gasteiger partial charge in [-0.05, 0) is 103 Å². The van der Waals surface area contributed by atoms with Crippen LogP contribution in [0.4, 0.5) is 0 Å². The first-order valence-electron chi connectivity index (χ1n) is 23.3. The number of hydrogen-bond acceptors (Lipinski definition) is 2. The Hall–Kier alpha value is -9.12. The Bertz CT molecular complexity index is 4630. The lowest BCUT2D eigenvalue weighted by molar-refractivity contribution is 1.16. The molecule has 0 amide bonds. The van der Waals surface area contributed by atoms with E-state index in [1.807, 2.05) is 0 Å². The summed E-state index contributed by atoms with van der Waals surface area (Å²) < 4.78 is 4.95. The average molecular weight is 863 g/mol. The fourth-order valence-electron chi connectivity index (χ4n) is 11.4. The van der Waals surface area contributed by atoms with Crippen molar-refractivity contribution in [3.05, 3.63) is 231 Å². The number of rotatable bonds is 4. The van der Waals surface area contributed by atoms with Crippen LogP contribution >= 0.6 is 0 Å². The van der Waals surface area contributed by atoms with Crippen molar-refractivity contribution < 1.29 is 0 Å². The van der Waals surface area contributed by atoms with Gasteiger partial charge >= 0.3 is 0 Å². The maximum absolute atomic E-state index is 5.56. The summed E-state index contributed by atoms with van der Waals surface area (Å²) in [4.78, 5) is 10.8. The van der Waals surface area contributed by atoms with Crippen molar-refractivity contribution in [3.8, 4) is 34.0 Å². The van der Waals surface area contributed by atoms with E-state index in [0.717, 1.165) is 60.8 Å². The second-order valence-corrected chi connectivity index (χ2v) is 18.1. The molecule has 15 aromatic rings. The number of hydrogen-bond donors (Lipinski definition) is 0. The molecule has 0 radical (unpaired) electrons. The van der Waals surface area contributed by atoms with Crippen LogP contribution in [0.2, 0.25) is 0 Å². The third-order valence-corrected chi connectivity index (χ3v) is 14.4. The van der Waals surface area contributed by atoms with Gasteiger partial charge in [-0.2, -0.15) is 0 Å². The first kappa shape index (κ1) is 37.1. The molecule has 0 aliphatic rings. The predicted octanol–water partition coefficient (Wildman–Crippen LogP) is 16.9. The maximum Gasteiger partial charge on any atom is 0.161 e. The monoisotopic (exact) mass is 862 g/mol. The van der Waals surface area contributed by atoms with E-state index in [1.165, 1.54) is 75.8 Å². The van der Waals surface area contributed by atoms with Crippen LogP contribution in [-0.2, 0) is 0 Å². The number of benzene rings is 12. The van der Waals surface area contributed by atoms with Crippen molar-refractivity contribution in [2.75, 3.05) is 0 Å². The third kappa shape index (κ3) is 5.31. The number of fused-ring (bicyclic) bond motifs is 14. The molecule has 0 aliphatic carbocycles. The Morgan fingerprint density at radius 3 is 1.72 bits per heavy atom. The van der Waals surface area contributed by atoms with Gasteiger partial charge in [0.1, 0.15) is 0 Å². The van der Waals surface area contributed by atoms with Crippen LogP contribution in [0.1, 0.15) is 0 Å². The van der Waals surface area contributed by atoms with Gasteiger partial charge in [-0.25, -0.2) is 9.97 Å². The van der Waals surface area contributed by atoms with Gasteiger partial charge < -0.3 is 9.13 Å². The molecule has 0 saturated heterocycles. The van der Waals surface area contributed by atoms with Crippen molar-refractivity contribution in [1.82, 2.24) is 19.1 Å². The van der Waals surface area contributed by atoms with Crippen LogP contribution in [0.5, 0.6) is 0 Å². The lowest BCUT2D eigenvalue weighted by Gasteiger charge is -2.17. The normalized spacial score (nSPS) is 12.1. The van der Waals surface area contributed by atoms with Crippen molar-refractivity contribution in [3.63, 3.8) is 0 Å². The van der Waals surface area contributed by atoms with E-state index in [9.17, 15) is 0 Å². The highest BCUT2D eigenvalue weighted by Crippen LogP contribution is 2.44. The SMILES string of the molecule is c1ccc2cc3c(cc2c1)c1ccc(-n2c4ccccc4c4c5ccccc5ccc42)cc1n3-c1ccc(-c2nc(-c3cc4ccccc4c4ccccc34)nc3ccccc23)c2ccccc12. The first-order chi connectivity index (χ1) is 33.7. The molecule has 4 nitrogen and oxygen atoms in total. The molecule has 0 fully saturated rings. The summed E-state index contributed by atoms with van der Waals surface area (Å²) in [5, 5.41) is 17.9. The molecule has 0 bridgehead atoms. The summed E-state index contributed by atoms with van der Waals surface area (Å²) in [5.74, 6) is 0.716. The van der Waals surface area contributed by atoms with Crippen molar-refractivity contribution in [2.45, 2.75) is 0 Å². The largest absolute Gasteiger partial charge is 0.309 e. The molecule has 0 aliphatic heterocycles. The maximum atomic E-state index is 5.56. The lowest BCUT2D eigenvalue weighted by atomic mass is 9.95. The van der Waals surface area contributed by atoms with Gasteiger partial charge in [0, 0.05) is 49.1 Å². The molecular weight excluding hydrogens is 825 g/mol. The third-order valence-electron chi connectivity index (χ3n) is 14.4. The summed E-state index contributed by atoms with van der Waals surface area (Å²) in [6, 6.07) is 84.0. The zero-order chi connectivity index (χ0) is 44.5. The molecule has 0 spiro atoms. The molecule has 68 heavy (non-hydrogen) atoms. The minimum atomic E-state index is 0.716. The van der Waals surface area contributed by atoms with Crippen molar-refractivity contribution in [1.29, 1.82) is 0 Å². The van der Waals surface area contributed by atoms with Crippen molar-refractivity contribution >= 4 is 108 Å². The standard InChI is InChI=1S/C64H38N4/c1-2-17-41-37-60-54(35-40(41)16-1)50-31-30-43(67-57-28-14-12-26-53(57)62-45-20-6-3-15-39(45)29-33-59(62)67)38-61(50)68(60)58-34-32-51(48-23-9-10-24-49(48)58)63-52-25-11-13-27-56(52)65-64(66-63)55-36-42-18-4-5-19-44(42)46-21-7-8-22-47(46)55/h1-38H. The quantitative estimate of drug-likeness (QED) is 0.165. The van der Waals surface area contributed by atoms with Gasteiger partial charge in [0.15, 0.2) is 5.82 Å². The van der Waals surface area contributed by atoms with E-state index >= 15 is 0 Å². The Balaban J connectivity index is 1.00. The second-order valence-electron chi connectivity index (χ2n) is 18.1. The van der Waals surface area contributed by atoms with Gasteiger partial charge in [-0.1, -0.05) is 176 Å². The molecule has 3 aromatic heterocycles. The zero-order valence-electron chi connectivity index (χ0n) is 36.7. The van der Waals surface area contributed by atoms with Gasteiger partial charge in [0.2, 0.25) is 0 Å². The van der Waals surface area contributed by atoms with Gasteiger partial charge in [0.05, 0.1) is 39.0 Å². The van der Waals surface area contributed by atoms with Crippen LogP contribution in [0.15, 0.2) is 231 Å². The molecule has 0 saturated carbocycles. The van der Waals surface area contributed by atoms with E-state index in [1.54, 1.807) is 0 Å². The minimum absolute atomic E-state index is 0.716. The summed E-state index contributed by atoms with van der Waals surface area (Å²) in [6.07, 6.45) is 0. The van der Waals surface area contributed by atoms with Crippen LogP contribution in [0.25, 0.3) is 142 Å². The van der Waals surface area contributed by atoms with Gasteiger partial charge in [-0.3, -0.25) is 0 Å². The fourth-order valence-corrected chi connectivity index (χ4v) is 11.4. The molecular formula is C64H38N4. The molecule has 4 heteroatoms. The fraction of sp³-hybridized carbons (Fsp3) is 0. The summed E-state index contributed by atoms with van der Waals surface area (Å²) in [5.41, 5.74) is 10.9. The number of aromatic nitrogens is 4. The van der Waals surface area contributed by atoms with E-state index < -0.39 is 0 Å². The minimum Gasteiger partial charge on any atom is -0.309 e. The Labute approximate surface area is 390 Å². The Morgan fingerprint density at radius 1 is 0.279 bits per heavy atom. The molecule has 0 atom stereocenters. The van der Waals surface area contributed by atoms with E-state index in [-0.39, 0.29) is 0 Å². The highest BCUT2D eigenvalue weighted by atomic mass is 15.0. The second kappa shape index (κ2) is 14.2. The highest BCUT2D eigenvalue weighted by molar-refractivity contribution is 6.22. The van der Waals surface area contributed by atoms with Crippen molar-refractivity contribution in [2.24, 2.45) is 0 Å². The lowest BCUT2D eigenvalue weighted by Crippen LogP contribution is -2.00. The molecule has 0 N–H and O–H groups in total. The van der Waals surface area contributed by atoms with Gasteiger partial charge in [-0.15, -0.1) is 0 Å². The van der Waals surface area contributed by atoms with E-state index in [2.05, 4.69) is 240 Å². The van der Waals surface area contributed by atoms with Crippen LogP contribution < -0.4 is 0 Å². The molecule has 0 unspecified atom stereocenters. The Kier molecular flexibility index (Phi) is 7.75. The molecule has 314 valence electrons. The average Bonchev–Trinajstić information content (AvgIpc) is 3.91. The molecule has 3 heterocycles. The smallest absolute Gasteiger partial charge is 0.161 e. The molecule has 12 aromatic carbocycles. The van der Waals surface area contributed by atoms with E-state index in [0.29, 0.717) is 5.82 Å². The summed E-state index contributed by atoms with van der Waals surface area (Å²) >= 11 is 0. The van der Waals surface area contributed by atoms with E-state index in [4.69, 9.17) is 9.97 Å². The zero-order valence-corrected chi connectivity index (χ0v) is 36.7. The van der Waals surface area contributed by atoms with Gasteiger partial charge in [0.25, 0.3) is 0 Å². The highest BCUT2D eigenvalue weighted by Gasteiger charge is 2.22. The summed E-state index contributed by atoms with van der Waals surface area (Å²) in [6.45, 7) is 0. The molecule has 15 rings (SSSR count). The topological polar surface area (TPSA) is 35.6 Å². The predicted molar refractivity (Wildman–Crippen MR) is 287 cm³/mol. The first-order valence-corrected chi connectivity index (χ1v) is 23.3. The summed E-state index contributed by atoms with van der Waals surface area (Å²) in [7, 11) is 0.